The van der Waals surface area contributed by atoms with Crippen LogP contribution in [0.25, 0.3) is 22.4 Å². The van der Waals surface area contributed by atoms with Crippen LogP contribution < -0.4 is 16.0 Å². The Morgan fingerprint density at radius 1 is 1.19 bits per heavy atom. The van der Waals surface area contributed by atoms with Gasteiger partial charge >= 0.3 is 6.03 Å². The zero-order valence-electron chi connectivity index (χ0n) is 20.1. The molecule has 0 radical (unpaired) electrons. The van der Waals surface area contributed by atoms with Gasteiger partial charge in [-0.15, -0.1) is 0 Å². The highest BCUT2D eigenvalue weighted by Crippen LogP contribution is 2.31. The number of nitrogens with one attached hydrogen (secondary N) is 3. The van der Waals surface area contributed by atoms with Gasteiger partial charge in [0.2, 0.25) is 5.95 Å². The lowest BCUT2D eigenvalue weighted by Gasteiger charge is -2.22. The van der Waals surface area contributed by atoms with Crippen molar-refractivity contribution in [2.75, 3.05) is 17.7 Å². The molecule has 6 rings (SSSR count). The minimum atomic E-state index is -1.06. The van der Waals surface area contributed by atoms with E-state index in [4.69, 9.17) is 4.74 Å². The molecule has 11 nitrogen and oxygen atoms in total. The molecule has 1 aliphatic carbocycles. The zero-order valence-corrected chi connectivity index (χ0v) is 20.1. The van der Waals surface area contributed by atoms with Gasteiger partial charge in [-0.05, 0) is 36.8 Å². The van der Waals surface area contributed by atoms with Gasteiger partial charge in [0.05, 0.1) is 24.4 Å². The Hall–Kier alpha value is -4.06. The van der Waals surface area contributed by atoms with Gasteiger partial charge in [0.15, 0.2) is 17.0 Å². The quantitative estimate of drug-likeness (QED) is 0.390. The van der Waals surface area contributed by atoms with Gasteiger partial charge in [-0.2, -0.15) is 15.1 Å². The van der Waals surface area contributed by atoms with Crippen LogP contribution in [0.5, 0.6) is 0 Å². The first-order chi connectivity index (χ1) is 17.4. The molecular weight excluding hydrogens is 465 g/mol. The van der Waals surface area contributed by atoms with Crippen molar-refractivity contribution in [2.24, 2.45) is 7.05 Å². The first-order valence-electron chi connectivity index (χ1n) is 11.8. The summed E-state index contributed by atoms with van der Waals surface area (Å²) in [7, 11) is 3.63. The van der Waals surface area contributed by atoms with Crippen molar-refractivity contribution in [1.82, 2.24) is 34.6 Å². The third kappa shape index (κ3) is 3.92. The Balaban J connectivity index is 1.50. The number of halogens is 1. The second-order valence-electron chi connectivity index (χ2n) is 9.24. The number of benzene rings is 1. The predicted octanol–water partition coefficient (Wildman–Crippen LogP) is 3.28. The highest BCUT2D eigenvalue weighted by Gasteiger charge is 2.37. The maximum absolute atomic E-state index is 14.4. The van der Waals surface area contributed by atoms with Crippen LogP contribution in [0.4, 0.5) is 26.6 Å². The van der Waals surface area contributed by atoms with Gasteiger partial charge in [0, 0.05) is 43.9 Å². The Morgan fingerprint density at radius 3 is 2.83 bits per heavy atom. The molecule has 1 amide bonds. The lowest BCUT2D eigenvalue weighted by atomic mass is 10.1. The van der Waals surface area contributed by atoms with E-state index in [1.54, 1.807) is 7.05 Å². The summed E-state index contributed by atoms with van der Waals surface area (Å²) >= 11 is 0. The number of hydrogen-bond acceptors (Lipinski definition) is 8. The van der Waals surface area contributed by atoms with Gasteiger partial charge in [-0.25, -0.2) is 18.7 Å². The van der Waals surface area contributed by atoms with Crippen LogP contribution in [-0.4, -0.2) is 60.7 Å². The Kier molecular flexibility index (Phi) is 5.32. The van der Waals surface area contributed by atoms with Crippen LogP contribution in [0.2, 0.25) is 0 Å². The number of aromatic nitrogens is 6. The monoisotopic (exact) mass is 491 g/mol. The summed E-state index contributed by atoms with van der Waals surface area (Å²) in [5.74, 6) is 0.769. The smallest absolute Gasteiger partial charge is 0.328 e. The minimum absolute atomic E-state index is 0.186. The fourth-order valence-corrected chi connectivity index (χ4v) is 4.81. The van der Waals surface area contributed by atoms with Crippen molar-refractivity contribution < 1.29 is 13.9 Å². The summed E-state index contributed by atoms with van der Waals surface area (Å²) in [4.78, 5) is 26.6. The molecule has 4 aromatic rings. The van der Waals surface area contributed by atoms with Crippen molar-refractivity contribution in [3.05, 3.63) is 41.9 Å². The van der Waals surface area contributed by atoms with Gasteiger partial charge in [0.1, 0.15) is 12.5 Å². The number of alkyl halides is 1. The first kappa shape index (κ1) is 22.4. The summed E-state index contributed by atoms with van der Waals surface area (Å²) < 4.78 is 23.7. The molecule has 2 aliphatic rings. The molecule has 3 atom stereocenters. The van der Waals surface area contributed by atoms with Crippen LogP contribution in [0.3, 0.4) is 0 Å². The standard InChI is InChI=1S/C24H26FN9O2/c1-12-4-17(32-33(12)3)14-5-13-6-16(7-14)28-23-30-21(26-2)20-22(31-23)34(11-27-20)24(35)29-18-8-15(25)9-19(18)36-10-13/h4-7,11,15,18-19H,8-10H2,1-3H3,(H,29,35)(H2,26,28,30,31)/t15-,18-,19-/m1/s1. The molecule has 1 aromatic carbocycles. The lowest BCUT2D eigenvalue weighted by Crippen LogP contribution is -2.43. The first-order valence-corrected chi connectivity index (χ1v) is 11.8. The number of amides is 1. The van der Waals surface area contributed by atoms with E-state index in [9.17, 15) is 9.18 Å². The SMILES string of the molecule is CNc1nc2nc3c1ncn3C(=O)N[C@@H]1C[C@@H](F)C[C@H]1OCc1cc(cc(-c3cc(C)n(C)n3)c1)N2. The molecule has 3 N–H and O–H groups in total. The molecular formula is C24H26FN9O2. The van der Waals surface area contributed by atoms with Gasteiger partial charge in [0.25, 0.3) is 0 Å². The van der Waals surface area contributed by atoms with Crippen LogP contribution in [-0.2, 0) is 18.4 Å². The van der Waals surface area contributed by atoms with Crippen LogP contribution >= 0.6 is 0 Å². The molecule has 4 heterocycles. The second-order valence-corrected chi connectivity index (χ2v) is 9.24. The maximum atomic E-state index is 14.4. The maximum Gasteiger partial charge on any atom is 0.328 e. The van der Waals surface area contributed by atoms with E-state index in [0.29, 0.717) is 22.9 Å². The number of rotatable bonds is 2. The molecule has 36 heavy (non-hydrogen) atoms. The molecule has 3 aromatic heterocycles. The number of hydrogen-bond donors (Lipinski definition) is 3. The lowest BCUT2D eigenvalue weighted by molar-refractivity contribution is 0.0273. The van der Waals surface area contributed by atoms with Crippen molar-refractivity contribution in [1.29, 1.82) is 0 Å². The molecule has 0 spiro atoms. The van der Waals surface area contributed by atoms with E-state index in [-0.39, 0.29) is 19.4 Å². The molecule has 12 heteroatoms. The summed E-state index contributed by atoms with van der Waals surface area (Å²) in [6.07, 6.45) is 0.281. The van der Waals surface area contributed by atoms with E-state index in [1.165, 1.54) is 10.9 Å². The molecule has 4 bridgehead atoms. The van der Waals surface area contributed by atoms with Gasteiger partial charge < -0.3 is 20.7 Å². The molecule has 1 fully saturated rings. The third-order valence-corrected chi connectivity index (χ3v) is 6.73. The fraction of sp³-hybridized carbons (Fsp3) is 0.375. The third-order valence-electron chi connectivity index (χ3n) is 6.73. The Bertz CT molecular complexity index is 1460. The van der Waals surface area contributed by atoms with Crippen molar-refractivity contribution in [3.8, 4) is 11.3 Å². The summed E-state index contributed by atoms with van der Waals surface area (Å²) in [5, 5.41) is 13.8. The molecule has 1 aliphatic heterocycles. The molecule has 0 unspecified atom stereocenters. The zero-order chi connectivity index (χ0) is 25.0. The number of aryl methyl sites for hydroxylation is 2. The average molecular weight is 492 g/mol. The van der Waals surface area contributed by atoms with E-state index < -0.39 is 24.3 Å². The number of fused-ring (bicyclic) bond motifs is 4. The van der Waals surface area contributed by atoms with Gasteiger partial charge in [-0.3, -0.25) is 4.68 Å². The van der Waals surface area contributed by atoms with E-state index in [2.05, 4.69) is 36.0 Å². The number of carbonyl (C=O) groups excluding carboxylic acids is 1. The largest absolute Gasteiger partial charge is 0.371 e. The van der Waals surface area contributed by atoms with Gasteiger partial charge in [-0.1, -0.05) is 0 Å². The number of nitrogens with zero attached hydrogens (tertiary/aromatic N) is 6. The van der Waals surface area contributed by atoms with Crippen LogP contribution in [0.1, 0.15) is 24.1 Å². The summed E-state index contributed by atoms with van der Waals surface area (Å²) in [6.45, 7) is 2.24. The topological polar surface area (TPSA) is 124 Å². The highest BCUT2D eigenvalue weighted by molar-refractivity contribution is 5.92. The fourth-order valence-electron chi connectivity index (χ4n) is 4.81. The molecule has 0 saturated heterocycles. The van der Waals surface area contributed by atoms with Crippen molar-refractivity contribution in [3.63, 3.8) is 0 Å². The normalized spacial score (nSPS) is 21.7. The Labute approximate surface area is 206 Å². The van der Waals surface area contributed by atoms with Crippen molar-refractivity contribution >= 4 is 34.6 Å². The van der Waals surface area contributed by atoms with E-state index in [0.717, 1.165) is 28.2 Å². The Morgan fingerprint density at radius 2 is 2.06 bits per heavy atom. The average Bonchev–Trinajstić information content (AvgIpc) is 3.53. The molecule has 186 valence electrons. The molecule has 1 saturated carbocycles. The second kappa shape index (κ2) is 8.55. The van der Waals surface area contributed by atoms with Crippen LogP contribution in [0, 0.1) is 6.92 Å². The summed E-state index contributed by atoms with van der Waals surface area (Å²) in [5.41, 5.74) is 5.14. The number of carbonyl (C=O) groups is 1. The van der Waals surface area contributed by atoms with Crippen molar-refractivity contribution in [2.45, 2.75) is 44.7 Å². The van der Waals surface area contributed by atoms with Crippen LogP contribution in [0.15, 0.2) is 30.6 Å². The number of ether oxygens (including phenoxy) is 1. The van der Waals surface area contributed by atoms with E-state index >= 15 is 0 Å². The number of imidazole rings is 1. The predicted molar refractivity (Wildman–Crippen MR) is 132 cm³/mol. The number of anilines is 3. The highest BCUT2D eigenvalue weighted by atomic mass is 19.1. The summed E-state index contributed by atoms with van der Waals surface area (Å²) in [6, 6.07) is 7.01. The minimum Gasteiger partial charge on any atom is -0.371 e. The van der Waals surface area contributed by atoms with E-state index in [1.807, 2.05) is 42.9 Å².